The number of fused-ring (bicyclic) bond motifs is 1. The first-order valence-electron chi connectivity index (χ1n) is 6.13. The third kappa shape index (κ3) is 2.17. The Balaban J connectivity index is 2.06. The van der Waals surface area contributed by atoms with Crippen molar-refractivity contribution in [2.45, 2.75) is 20.3 Å². The number of aryl methyl sites for hydroxylation is 1. The summed E-state index contributed by atoms with van der Waals surface area (Å²) >= 11 is 1.34. The van der Waals surface area contributed by atoms with E-state index in [1.54, 1.807) is 0 Å². The molecule has 0 unspecified atom stereocenters. The zero-order valence-corrected chi connectivity index (χ0v) is 11.5. The van der Waals surface area contributed by atoms with Crippen LogP contribution in [0.2, 0.25) is 0 Å². The number of hydrogen-bond donors (Lipinski definition) is 1. The van der Waals surface area contributed by atoms with Gasteiger partial charge in [-0.15, -0.1) is 5.10 Å². The highest BCUT2D eigenvalue weighted by Gasteiger charge is 2.14. The third-order valence-electron chi connectivity index (χ3n) is 2.72. The van der Waals surface area contributed by atoms with E-state index in [0.717, 1.165) is 28.3 Å². The summed E-state index contributed by atoms with van der Waals surface area (Å²) in [5.74, 6) is 1.36. The van der Waals surface area contributed by atoms with E-state index in [1.165, 1.54) is 11.5 Å². The monoisotopic (exact) mass is 275 g/mol. The van der Waals surface area contributed by atoms with Gasteiger partial charge in [0, 0.05) is 6.07 Å². The smallest absolute Gasteiger partial charge is 0.215 e. The van der Waals surface area contributed by atoms with Crippen LogP contribution in [0.15, 0.2) is 12.1 Å². The average Bonchev–Trinajstić information content (AvgIpc) is 3.04. The van der Waals surface area contributed by atoms with Gasteiger partial charge < -0.3 is 9.72 Å². The minimum absolute atomic E-state index is 0.589. The van der Waals surface area contributed by atoms with E-state index in [2.05, 4.69) is 24.5 Å². The second kappa shape index (κ2) is 4.93. The van der Waals surface area contributed by atoms with E-state index in [-0.39, 0.29) is 0 Å². The van der Waals surface area contributed by atoms with Crippen molar-refractivity contribution >= 4 is 22.7 Å². The van der Waals surface area contributed by atoms with Gasteiger partial charge in [0.2, 0.25) is 5.88 Å². The molecule has 0 saturated carbocycles. The molecule has 0 aliphatic heterocycles. The van der Waals surface area contributed by atoms with E-state index in [9.17, 15) is 0 Å². The predicted octanol–water partition coefficient (Wildman–Crippen LogP) is 2.44. The normalized spacial score (nSPS) is 11.1. The summed E-state index contributed by atoms with van der Waals surface area (Å²) < 4.78 is 9.34. The molecule has 0 aromatic carbocycles. The van der Waals surface area contributed by atoms with Crippen LogP contribution in [-0.2, 0) is 6.42 Å². The number of rotatable bonds is 4. The maximum absolute atomic E-state index is 5.37. The highest BCUT2D eigenvalue weighted by atomic mass is 32.1. The molecule has 7 heteroatoms. The molecule has 3 heterocycles. The van der Waals surface area contributed by atoms with Gasteiger partial charge in [0.25, 0.3) is 0 Å². The van der Waals surface area contributed by atoms with Gasteiger partial charge in [-0.1, -0.05) is 11.4 Å². The number of aromatic nitrogens is 5. The van der Waals surface area contributed by atoms with Crippen molar-refractivity contribution in [1.82, 2.24) is 24.5 Å². The Bertz CT molecular complexity index is 705. The van der Waals surface area contributed by atoms with Crippen molar-refractivity contribution in [3.05, 3.63) is 17.8 Å². The van der Waals surface area contributed by atoms with Crippen molar-refractivity contribution < 1.29 is 4.74 Å². The fourth-order valence-electron chi connectivity index (χ4n) is 1.83. The Morgan fingerprint density at radius 2 is 2.16 bits per heavy atom. The molecule has 3 rings (SSSR count). The summed E-state index contributed by atoms with van der Waals surface area (Å²) in [6.07, 6.45) is 0.834. The van der Waals surface area contributed by atoms with E-state index in [0.29, 0.717) is 18.1 Å². The first-order chi connectivity index (χ1) is 9.31. The van der Waals surface area contributed by atoms with Gasteiger partial charge >= 0.3 is 0 Å². The lowest BCUT2D eigenvalue weighted by Gasteiger charge is -1.99. The molecule has 0 atom stereocenters. The molecule has 6 nitrogen and oxygen atoms in total. The fourth-order valence-corrected chi connectivity index (χ4v) is 2.53. The Labute approximate surface area is 114 Å². The Morgan fingerprint density at radius 1 is 1.26 bits per heavy atom. The number of aromatic amines is 1. The van der Waals surface area contributed by atoms with Crippen molar-refractivity contribution in [1.29, 1.82) is 0 Å². The third-order valence-corrected chi connectivity index (χ3v) is 3.49. The van der Waals surface area contributed by atoms with Gasteiger partial charge in [0.1, 0.15) is 4.88 Å². The summed E-state index contributed by atoms with van der Waals surface area (Å²) in [5, 5.41) is 4.09. The maximum atomic E-state index is 5.37. The first-order valence-corrected chi connectivity index (χ1v) is 6.90. The summed E-state index contributed by atoms with van der Waals surface area (Å²) in [6, 6.07) is 3.75. The highest BCUT2D eigenvalue weighted by Crippen LogP contribution is 2.26. The number of hydrogen-bond acceptors (Lipinski definition) is 6. The molecule has 19 heavy (non-hydrogen) atoms. The van der Waals surface area contributed by atoms with Crippen LogP contribution in [0.1, 0.15) is 19.5 Å². The van der Waals surface area contributed by atoms with E-state index >= 15 is 0 Å². The lowest BCUT2D eigenvalue weighted by molar-refractivity contribution is 0.328. The summed E-state index contributed by atoms with van der Waals surface area (Å²) in [5.41, 5.74) is 2.49. The van der Waals surface area contributed by atoms with Gasteiger partial charge in [-0.05, 0) is 30.9 Å². The van der Waals surface area contributed by atoms with Gasteiger partial charge in [0.05, 0.1) is 17.8 Å². The standard InChI is InChI=1S/C12H13N5OS/c1-3-7-10(19-17-16-7)12-13-8-5-6-9(18-4-2)14-11(8)15-12/h5-6H,3-4H2,1-2H3,(H,13,14,15). The van der Waals surface area contributed by atoms with Crippen LogP contribution >= 0.6 is 11.5 Å². The molecule has 0 fully saturated rings. The molecular formula is C12H13N5OS. The number of ether oxygens (including phenoxy) is 1. The molecule has 1 N–H and O–H groups in total. The first kappa shape index (κ1) is 12.0. The molecule has 98 valence electrons. The predicted molar refractivity (Wildman–Crippen MR) is 73.3 cm³/mol. The van der Waals surface area contributed by atoms with Crippen molar-refractivity contribution in [2.75, 3.05) is 6.61 Å². The van der Waals surface area contributed by atoms with Gasteiger partial charge in [-0.3, -0.25) is 0 Å². The van der Waals surface area contributed by atoms with Crippen LogP contribution in [0, 0.1) is 0 Å². The summed E-state index contributed by atoms with van der Waals surface area (Å²) in [6.45, 7) is 4.57. The Hall–Kier alpha value is -2.02. The highest BCUT2D eigenvalue weighted by molar-refractivity contribution is 7.09. The lowest BCUT2D eigenvalue weighted by Crippen LogP contribution is -1.93. The van der Waals surface area contributed by atoms with Crippen LogP contribution in [0.5, 0.6) is 5.88 Å². The topological polar surface area (TPSA) is 76.6 Å². The Kier molecular flexibility index (Phi) is 3.12. The van der Waals surface area contributed by atoms with Gasteiger partial charge in [-0.2, -0.15) is 4.98 Å². The molecular weight excluding hydrogens is 262 g/mol. The molecule has 0 amide bonds. The molecule has 0 bridgehead atoms. The molecule has 0 aliphatic carbocycles. The number of imidazole rings is 1. The van der Waals surface area contributed by atoms with Crippen LogP contribution in [0.25, 0.3) is 21.9 Å². The minimum Gasteiger partial charge on any atom is -0.478 e. The summed E-state index contributed by atoms with van der Waals surface area (Å²) in [7, 11) is 0. The number of nitrogens with zero attached hydrogens (tertiary/aromatic N) is 4. The molecule has 0 radical (unpaired) electrons. The average molecular weight is 275 g/mol. The zero-order valence-electron chi connectivity index (χ0n) is 10.7. The van der Waals surface area contributed by atoms with Crippen molar-refractivity contribution in [2.24, 2.45) is 0 Å². The van der Waals surface area contributed by atoms with E-state index in [1.807, 2.05) is 26.0 Å². The van der Waals surface area contributed by atoms with Gasteiger partial charge in [0.15, 0.2) is 11.5 Å². The molecule has 0 spiro atoms. The van der Waals surface area contributed by atoms with Crippen LogP contribution in [-0.4, -0.2) is 31.1 Å². The maximum Gasteiger partial charge on any atom is 0.215 e. The second-order valence-electron chi connectivity index (χ2n) is 3.94. The van der Waals surface area contributed by atoms with E-state index in [4.69, 9.17) is 4.74 Å². The zero-order chi connectivity index (χ0) is 13.2. The second-order valence-corrected chi connectivity index (χ2v) is 4.70. The lowest BCUT2D eigenvalue weighted by atomic mass is 10.3. The van der Waals surface area contributed by atoms with Crippen LogP contribution < -0.4 is 4.74 Å². The largest absolute Gasteiger partial charge is 0.478 e. The number of H-pyrrole nitrogens is 1. The number of nitrogens with one attached hydrogen (secondary N) is 1. The van der Waals surface area contributed by atoms with Crippen molar-refractivity contribution in [3.63, 3.8) is 0 Å². The quantitative estimate of drug-likeness (QED) is 0.791. The SMILES string of the molecule is CCOc1ccc2[nH]c(-c3snnc3CC)nc2n1. The van der Waals surface area contributed by atoms with Gasteiger partial charge in [-0.25, -0.2) is 4.98 Å². The molecule has 3 aromatic rings. The summed E-state index contributed by atoms with van der Waals surface area (Å²) in [4.78, 5) is 13.1. The van der Waals surface area contributed by atoms with E-state index < -0.39 is 0 Å². The minimum atomic E-state index is 0.589. The fraction of sp³-hybridized carbons (Fsp3) is 0.333. The van der Waals surface area contributed by atoms with Crippen LogP contribution in [0.3, 0.4) is 0 Å². The number of pyridine rings is 1. The molecule has 0 aliphatic rings. The van der Waals surface area contributed by atoms with Crippen molar-refractivity contribution in [3.8, 4) is 16.6 Å². The Morgan fingerprint density at radius 3 is 2.95 bits per heavy atom. The van der Waals surface area contributed by atoms with Crippen LogP contribution in [0.4, 0.5) is 0 Å². The molecule has 3 aromatic heterocycles. The molecule has 0 saturated heterocycles.